The van der Waals surface area contributed by atoms with Crippen molar-refractivity contribution in [2.75, 3.05) is 23.3 Å². The third kappa shape index (κ3) is 5.34. The van der Waals surface area contributed by atoms with Gasteiger partial charge in [0.2, 0.25) is 5.91 Å². The number of benzene rings is 1. The van der Waals surface area contributed by atoms with Crippen LogP contribution in [-0.2, 0) is 11.2 Å². The number of thiazole rings is 1. The maximum Gasteiger partial charge on any atom is 0.323 e. The van der Waals surface area contributed by atoms with Gasteiger partial charge in [0.1, 0.15) is 0 Å². The smallest absolute Gasteiger partial charge is 0.323 e. The first-order valence-corrected chi connectivity index (χ1v) is 11.7. The molecule has 1 aromatic heterocycles. The molecule has 2 aromatic rings. The summed E-state index contributed by atoms with van der Waals surface area (Å²) in [5.41, 5.74) is 1.43. The standard InChI is InChI=1S/C21H24ClN5O3S/c22-17-7-6-14(10-16(17)19(29)25-13-4-2-1-3-5-13)24-18(28)11-15-12-31-21(26-15)27-9-8-23-20(27)30/h6-7,10,12-13H,1-5,8-9,11H2,(H,23,30)(H,24,28)(H,25,29). The number of nitrogens with one attached hydrogen (secondary N) is 3. The molecule has 4 amide bonds. The monoisotopic (exact) mass is 461 g/mol. The first kappa shape index (κ1) is 21.6. The molecule has 1 aromatic carbocycles. The number of aromatic nitrogens is 1. The minimum atomic E-state index is -0.260. The number of amides is 4. The molecule has 164 valence electrons. The van der Waals surface area contributed by atoms with Crippen molar-refractivity contribution in [3.05, 3.63) is 39.9 Å². The van der Waals surface area contributed by atoms with E-state index >= 15 is 0 Å². The average Bonchev–Trinajstić information content (AvgIpc) is 3.38. The Labute approximate surface area is 189 Å². The number of halogens is 1. The molecule has 1 saturated heterocycles. The van der Waals surface area contributed by atoms with Gasteiger partial charge in [0, 0.05) is 30.2 Å². The van der Waals surface area contributed by atoms with Crippen LogP contribution < -0.4 is 20.9 Å². The van der Waals surface area contributed by atoms with Crippen molar-refractivity contribution in [2.24, 2.45) is 0 Å². The van der Waals surface area contributed by atoms with Gasteiger partial charge < -0.3 is 16.0 Å². The van der Waals surface area contributed by atoms with Crippen LogP contribution in [-0.4, -0.2) is 42.0 Å². The lowest BCUT2D eigenvalue weighted by molar-refractivity contribution is -0.115. The predicted molar refractivity (Wildman–Crippen MR) is 121 cm³/mol. The van der Waals surface area contributed by atoms with E-state index in [2.05, 4.69) is 20.9 Å². The van der Waals surface area contributed by atoms with E-state index in [1.807, 2.05) is 0 Å². The lowest BCUT2D eigenvalue weighted by Crippen LogP contribution is -2.36. The van der Waals surface area contributed by atoms with E-state index in [4.69, 9.17) is 11.6 Å². The molecule has 4 rings (SSSR count). The molecular formula is C21H24ClN5O3S. The van der Waals surface area contributed by atoms with Gasteiger partial charge in [-0.25, -0.2) is 9.78 Å². The average molecular weight is 462 g/mol. The Morgan fingerprint density at radius 3 is 2.81 bits per heavy atom. The minimum Gasteiger partial charge on any atom is -0.349 e. The van der Waals surface area contributed by atoms with Crippen molar-refractivity contribution in [3.63, 3.8) is 0 Å². The summed E-state index contributed by atoms with van der Waals surface area (Å²) in [6.07, 6.45) is 5.48. The van der Waals surface area contributed by atoms with E-state index in [0.717, 1.165) is 25.7 Å². The van der Waals surface area contributed by atoms with Gasteiger partial charge in [-0.1, -0.05) is 30.9 Å². The predicted octanol–water partition coefficient (Wildman–Crippen LogP) is 3.57. The summed E-state index contributed by atoms with van der Waals surface area (Å²) in [5.74, 6) is -0.482. The zero-order valence-electron chi connectivity index (χ0n) is 16.9. The Hall–Kier alpha value is -2.65. The van der Waals surface area contributed by atoms with Gasteiger partial charge >= 0.3 is 6.03 Å². The number of nitrogens with zero attached hydrogens (tertiary/aromatic N) is 2. The van der Waals surface area contributed by atoms with Crippen LogP contribution >= 0.6 is 22.9 Å². The van der Waals surface area contributed by atoms with E-state index < -0.39 is 0 Å². The fourth-order valence-corrected chi connectivity index (χ4v) is 4.86. The van der Waals surface area contributed by atoms with Crippen LogP contribution in [0.15, 0.2) is 23.6 Å². The van der Waals surface area contributed by atoms with Crippen molar-refractivity contribution < 1.29 is 14.4 Å². The highest BCUT2D eigenvalue weighted by atomic mass is 35.5. The highest BCUT2D eigenvalue weighted by molar-refractivity contribution is 7.14. The number of carbonyl (C=O) groups is 3. The van der Waals surface area contributed by atoms with Gasteiger partial charge in [-0.2, -0.15) is 0 Å². The molecule has 2 aliphatic rings. The summed E-state index contributed by atoms with van der Waals surface area (Å²) in [7, 11) is 0. The maximum atomic E-state index is 12.7. The molecular weight excluding hydrogens is 438 g/mol. The van der Waals surface area contributed by atoms with Crippen LogP contribution in [0.4, 0.5) is 15.6 Å². The second-order valence-electron chi connectivity index (χ2n) is 7.73. The number of hydrogen-bond acceptors (Lipinski definition) is 5. The fraction of sp³-hybridized carbons (Fsp3) is 0.429. The van der Waals surface area contributed by atoms with E-state index in [0.29, 0.717) is 40.2 Å². The second kappa shape index (κ2) is 9.65. The van der Waals surface area contributed by atoms with Crippen LogP contribution in [0, 0.1) is 0 Å². The van der Waals surface area contributed by atoms with Gasteiger partial charge in [0.15, 0.2) is 5.13 Å². The minimum absolute atomic E-state index is 0.0676. The van der Waals surface area contributed by atoms with Gasteiger partial charge in [0.05, 0.1) is 22.7 Å². The van der Waals surface area contributed by atoms with Crippen LogP contribution in [0.1, 0.15) is 48.2 Å². The van der Waals surface area contributed by atoms with Crippen molar-refractivity contribution in [1.29, 1.82) is 0 Å². The summed E-state index contributed by atoms with van der Waals surface area (Å²) in [6, 6.07) is 4.87. The van der Waals surface area contributed by atoms with E-state index in [1.165, 1.54) is 17.8 Å². The molecule has 3 N–H and O–H groups in total. The van der Waals surface area contributed by atoms with Crippen LogP contribution in [0.5, 0.6) is 0 Å². The zero-order valence-corrected chi connectivity index (χ0v) is 18.5. The summed E-state index contributed by atoms with van der Waals surface area (Å²) in [5, 5.41) is 11.3. The first-order chi connectivity index (χ1) is 15.0. The summed E-state index contributed by atoms with van der Waals surface area (Å²) in [6.45, 7) is 1.15. The third-order valence-electron chi connectivity index (χ3n) is 5.40. The van der Waals surface area contributed by atoms with Crippen LogP contribution in [0.2, 0.25) is 5.02 Å². The molecule has 8 nitrogen and oxygen atoms in total. The van der Waals surface area contributed by atoms with Crippen molar-refractivity contribution in [2.45, 2.75) is 44.6 Å². The molecule has 0 unspecified atom stereocenters. The van der Waals surface area contributed by atoms with Crippen LogP contribution in [0.25, 0.3) is 0 Å². The molecule has 0 radical (unpaired) electrons. The fourth-order valence-electron chi connectivity index (χ4n) is 3.81. The highest BCUT2D eigenvalue weighted by Gasteiger charge is 2.24. The number of carbonyl (C=O) groups excluding carboxylic acids is 3. The lowest BCUT2D eigenvalue weighted by Gasteiger charge is -2.23. The molecule has 0 atom stereocenters. The number of anilines is 2. The summed E-state index contributed by atoms with van der Waals surface area (Å²) < 4.78 is 0. The maximum absolute atomic E-state index is 12.7. The molecule has 2 heterocycles. The first-order valence-electron chi connectivity index (χ1n) is 10.4. The molecule has 0 bridgehead atoms. The largest absolute Gasteiger partial charge is 0.349 e. The lowest BCUT2D eigenvalue weighted by atomic mass is 9.95. The number of urea groups is 1. The van der Waals surface area contributed by atoms with Gasteiger partial charge in [-0.05, 0) is 31.0 Å². The number of rotatable bonds is 6. The Bertz CT molecular complexity index is 989. The molecule has 10 heteroatoms. The Morgan fingerprint density at radius 1 is 1.26 bits per heavy atom. The van der Waals surface area contributed by atoms with Crippen molar-refractivity contribution in [3.8, 4) is 0 Å². The van der Waals surface area contributed by atoms with Crippen molar-refractivity contribution in [1.82, 2.24) is 15.6 Å². The molecule has 1 aliphatic carbocycles. The van der Waals surface area contributed by atoms with Gasteiger partial charge in [-0.15, -0.1) is 11.3 Å². The van der Waals surface area contributed by atoms with Gasteiger partial charge in [-0.3, -0.25) is 14.5 Å². The van der Waals surface area contributed by atoms with Crippen LogP contribution in [0.3, 0.4) is 0 Å². The van der Waals surface area contributed by atoms with Crippen molar-refractivity contribution >= 4 is 51.6 Å². The SMILES string of the molecule is O=C(Cc1csc(N2CCNC2=O)n1)Nc1ccc(Cl)c(C(=O)NC2CCCCC2)c1. The highest BCUT2D eigenvalue weighted by Crippen LogP contribution is 2.24. The third-order valence-corrected chi connectivity index (χ3v) is 6.65. The molecule has 2 fully saturated rings. The normalized spacial score (nSPS) is 16.8. The van der Waals surface area contributed by atoms with Gasteiger partial charge in [0.25, 0.3) is 5.91 Å². The van der Waals surface area contributed by atoms with E-state index in [1.54, 1.807) is 28.5 Å². The van der Waals surface area contributed by atoms with E-state index in [9.17, 15) is 14.4 Å². The molecule has 0 spiro atoms. The van der Waals surface area contributed by atoms with E-state index in [-0.39, 0.29) is 30.3 Å². The number of hydrogen-bond donors (Lipinski definition) is 3. The summed E-state index contributed by atoms with van der Waals surface area (Å²) in [4.78, 5) is 42.8. The Kier molecular flexibility index (Phi) is 6.72. The second-order valence-corrected chi connectivity index (χ2v) is 8.98. The summed E-state index contributed by atoms with van der Waals surface area (Å²) >= 11 is 7.56. The molecule has 31 heavy (non-hydrogen) atoms. The quantitative estimate of drug-likeness (QED) is 0.611. The molecule has 1 aliphatic heterocycles. The Morgan fingerprint density at radius 2 is 2.06 bits per heavy atom. The Balaban J connectivity index is 1.37. The zero-order chi connectivity index (χ0) is 21.8. The molecule has 1 saturated carbocycles. The topological polar surface area (TPSA) is 103 Å².